The van der Waals surface area contributed by atoms with Gasteiger partial charge in [0, 0.05) is 12.4 Å². The molecule has 0 aromatic heterocycles. The Morgan fingerprint density at radius 2 is 1.18 bits per heavy atom. The Kier molecular flexibility index (Phi) is 15.6. The van der Waals surface area contributed by atoms with E-state index >= 15 is 0 Å². The van der Waals surface area contributed by atoms with E-state index in [1.807, 2.05) is 0 Å². The molecule has 1 N–H and O–H groups in total. The van der Waals surface area contributed by atoms with Gasteiger partial charge in [-0.25, -0.2) is 0 Å². The van der Waals surface area contributed by atoms with Crippen molar-refractivity contribution in [2.45, 2.75) is 72.6 Å². The van der Waals surface area contributed by atoms with Gasteiger partial charge in [-0.15, -0.1) is 0 Å². The maximum atomic E-state index is 9.77. The molecule has 0 aliphatic rings. The maximum Gasteiger partial charge on any atom is 0.303 e. The van der Waals surface area contributed by atoms with Crippen LogP contribution in [0.1, 0.15) is 72.6 Å². The topological polar surface area (TPSA) is 77.4 Å². The van der Waals surface area contributed by atoms with Gasteiger partial charge in [-0.05, 0) is 38.5 Å². The third-order valence-electron chi connectivity index (χ3n) is 3.56. The number of carbonyl (C=O) groups is 2. The molecule has 0 aliphatic heterocycles. The highest BCUT2D eigenvalue weighted by atomic mass is 16.4. The lowest BCUT2D eigenvalue weighted by Gasteiger charge is -2.38. The zero-order chi connectivity index (χ0) is 17.4. The molecule has 5 heteroatoms. The van der Waals surface area contributed by atoms with Crippen molar-refractivity contribution >= 4 is 11.9 Å². The van der Waals surface area contributed by atoms with Gasteiger partial charge in [-0.2, -0.15) is 0 Å². The van der Waals surface area contributed by atoms with E-state index in [1.54, 1.807) is 0 Å². The Hall–Kier alpha value is -1.10. The lowest BCUT2D eigenvalue weighted by Crippen LogP contribution is -2.50. The normalized spacial score (nSPS) is 10.7. The number of nitrogens with zero attached hydrogens (tertiary/aromatic N) is 1. The lowest BCUT2D eigenvalue weighted by molar-refractivity contribution is -0.928. The highest BCUT2D eigenvalue weighted by molar-refractivity contribution is 5.68. The average Bonchev–Trinajstić information content (AvgIpc) is 2.39. The molecule has 0 fully saturated rings. The van der Waals surface area contributed by atoms with Gasteiger partial charge < -0.3 is 19.5 Å². The molecule has 22 heavy (non-hydrogen) atoms. The van der Waals surface area contributed by atoms with Crippen LogP contribution in [-0.2, 0) is 9.59 Å². The van der Waals surface area contributed by atoms with Crippen molar-refractivity contribution < 1.29 is 24.3 Å². The number of aliphatic carboxylic acids is 2. The summed E-state index contributed by atoms with van der Waals surface area (Å²) in [4.78, 5) is 19.4. The Morgan fingerprint density at radius 1 is 0.818 bits per heavy atom. The molecule has 5 nitrogen and oxygen atoms in total. The number of hydrogen-bond donors (Lipinski definition) is 1. The highest BCUT2D eigenvalue weighted by Gasteiger charge is 2.22. The molecule has 0 unspecified atom stereocenters. The van der Waals surface area contributed by atoms with Gasteiger partial charge in [0.2, 0.25) is 0 Å². The van der Waals surface area contributed by atoms with Crippen molar-refractivity contribution in [3.63, 3.8) is 0 Å². The van der Waals surface area contributed by atoms with Crippen LogP contribution in [0.15, 0.2) is 0 Å². The molecule has 0 atom stereocenters. The largest absolute Gasteiger partial charge is 0.550 e. The molecule has 0 saturated carbocycles. The van der Waals surface area contributed by atoms with E-state index in [1.165, 1.54) is 56.3 Å². The molecule has 0 aromatic carbocycles. The van der Waals surface area contributed by atoms with Gasteiger partial charge in [0.1, 0.15) is 0 Å². The van der Waals surface area contributed by atoms with E-state index in [4.69, 9.17) is 5.11 Å². The molecule has 0 saturated heterocycles. The molecule has 0 rings (SSSR count). The third-order valence-corrected chi connectivity index (χ3v) is 3.56. The zero-order valence-electron chi connectivity index (χ0n) is 14.9. The fourth-order valence-corrected chi connectivity index (χ4v) is 2.95. The van der Waals surface area contributed by atoms with Crippen LogP contribution < -0.4 is 5.11 Å². The van der Waals surface area contributed by atoms with Crippen LogP contribution in [0.25, 0.3) is 0 Å². The van der Waals surface area contributed by atoms with Crippen molar-refractivity contribution in [3.8, 4) is 0 Å². The minimum Gasteiger partial charge on any atom is -0.550 e. The second-order valence-corrected chi connectivity index (χ2v) is 5.86. The van der Waals surface area contributed by atoms with E-state index in [-0.39, 0.29) is 19.3 Å². The fraction of sp³-hybridized carbons (Fsp3) is 0.882. The summed E-state index contributed by atoms with van der Waals surface area (Å²) >= 11 is 0. The summed E-state index contributed by atoms with van der Waals surface area (Å²) in [7, 11) is 0. The minimum atomic E-state index is -1.20. The molecular formula is C17H35NO4. The number of quaternary nitrogens is 1. The summed E-state index contributed by atoms with van der Waals surface area (Å²) in [6.45, 7) is 14.8. The Morgan fingerprint density at radius 3 is 1.41 bits per heavy atom. The fourth-order valence-electron chi connectivity index (χ4n) is 2.95. The quantitative estimate of drug-likeness (QED) is 0.561. The Labute approximate surface area is 135 Å². The van der Waals surface area contributed by atoms with Crippen molar-refractivity contribution in [1.82, 2.24) is 0 Å². The molecule has 0 amide bonds. The highest BCUT2D eigenvalue weighted by Crippen LogP contribution is 2.12. The predicted octanol–water partition coefficient (Wildman–Crippen LogP) is 2.43. The molecule has 0 radical (unpaired) electrons. The average molecular weight is 317 g/mol. The summed E-state index contributed by atoms with van der Waals surface area (Å²) in [6.07, 6.45) is 5.21. The van der Waals surface area contributed by atoms with Gasteiger partial charge in [-0.3, -0.25) is 4.79 Å². The van der Waals surface area contributed by atoms with Crippen molar-refractivity contribution in [2.75, 3.05) is 26.2 Å². The number of hydrogen-bond acceptors (Lipinski definition) is 3. The SMILES string of the molecule is CCC[N+](CCC)(CCC)CCC.O=C([O-])CCCC(=O)O. The summed E-state index contributed by atoms with van der Waals surface area (Å²) in [5, 5.41) is 17.7. The summed E-state index contributed by atoms with van der Waals surface area (Å²) in [5.74, 6) is -2.17. The second-order valence-electron chi connectivity index (χ2n) is 5.86. The zero-order valence-corrected chi connectivity index (χ0v) is 14.9. The molecule has 0 bridgehead atoms. The van der Waals surface area contributed by atoms with Crippen LogP contribution in [0.4, 0.5) is 0 Å². The monoisotopic (exact) mass is 317 g/mol. The molecule has 132 valence electrons. The van der Waals surface area contributed by atoms with Gasteiger partial charge >= 0.3 is 5.97 Å². The van der Waals surface area contributed by atoms with Gasteiger partial charge in [0.05, 0.1) is 26.2 Å². The smallest absolute Gasteiger partial charge is 0.303 e. The number of carbonyl (C=O) groups excluding carboxylic acids is 1. The van der Waals surface area contributed by atoms with E-state index in [0.717, 1.165) is 0 Å². The van der Waals surface area contributed by atoms with Crippen molar-refractivity contribution in [2.24, 2.45) is 0 Å². The van der Waals surface area contributed by atoms with E-state index in [9.17, 15) is 14.7 Å². The number of rotatable bonds is 12. The molecular weight excluding hydrogens is 282 g/mol. The molecule has 0 aliphatic carbocycles. The number of carboxylic acid groups (broad SMARTS) is 2. The van der Waals surface area contributed by atoms with Crippen LogP contribution in [0.3, 0.4) is 0 Å². The standard InChI is InChI=1S/C12H28N.C5H8O4/c1-5-9-13(10-6-2,11-7-3)12-8-4;6-4(7)2-1-3-5(8)9/h5-12H2,1-4H3;1-3H2,(H,6,7)(H,8,9)/q+1;/p-1. The van der Waals surface area contributed by atoms with Gasteiger partial charge in [0.25, 0.3) is 0 Å². The minimum absolute atomic E-state index is 0.103. The van der Waals surface area contributed by atoms with Crippen LogP contribution in [0, 0.1) is 0 Å². The van der Waals surface area contributed by atoms with Crippen molar-refractivity contribution in [3.05, 3.63) is 0 Å². The third kappa shape index (κ3) is 13.9. The Bertz CT molecular complexity index is 249. The molecule has 0 spiro atoms. The summed E-state index contributed by atoms with van der Waals surface area (Å²) in [5.41, 5.74) is 0. The summed E-state index contributed by atoms with van der Waals surface area (Å²) < 4.78 is 1.38. The molecule has 0 aromatic rings. The van der Waals surface area contributed by atoms with Crippen LogP contribution in [-0.4, -0.2) is 47.7 Å². The molecule has 0 heterocycles. The van der Waals surface area contributed by atoms with Gasteiger partial charge in [0.15, 0.2) is 0 Å². The summed E-state index contributed by atoms with van der Waals surface area (Å²) in [6, 6.07) is 0. The number of carboxylic acids is 2. The van der Waals surface area contributed by atoms with Crippen molar-refractivity contribution in [1.29, 1.82) is 0 Å². The van der Waals surface area contributed by atoms with E-state index < -0.39 is 11.9 Å². The van der Waals surface area contributed by atoms with Crippen LogP contribution >= 0.6 is 0 Å². The predicted molar refractivity (Wildman–Crippen MR) is 87.4 cm³/mol. The second kappa shape index (κ2) is 14.8. The first-order valence-electron chi connectivity index (χ1n) is 8.64. The lowest BCUT2D eigenvalue weighted by atomic mass is 10.2. The van der Waals surface area contributed by atoms with E-state index in [2.05, 4.69) is 27.7 Å². The van der Waals surface area contributed by atoms with E-state index in [0.29, 0.717) is 0 Å². The van der Waals surface area contributed by atoms with Crippen LogP contribution in [0.2, 0.25) is 0 Å². The van der Waals surface area contributed by atoms with Crippen LogP contribution in [0.5, 0.6) is 0 Å². The Balaban J connectivity index is 0. The first-order chi connectivity index (χ1) is 10.4. The van der Waals surface area contributed by atoms with Gasteiger partial charge in [-0.1, -0.05) is 27.7 Å². The first kappa shape index (κ1) is 23.2. The maximum absolute atomic E-state index is 9.77. The first-order valence-corrected chi connectivity index (χ1v) is 8.64.